The van der Waals surface area contributed by atoms with Gasteiger partial charge in [-0.05, 0) is 60.8 Å². The number of rotatable bonds is 8. The lowest BCUT2D eigenvalue weighted by Crippen LogP contribution is -2.26. The van der Waals surface area contributed by atoms with Crippen molar-refractivity contribution in [2.24, 2.45) is 5.92 Å². The Bertz CT molecular complexity index is 764. The predicted octanol–water partition coefficient (Wildman–Crippen LogP) is 5.26. The standard InChI is InChI=1S/C21H28F2N2OS2/c22-21(23)26-17-5-9-25(13-17)8-4-16-12-24-18-2-1-3-19(20(16)18)28-14-15-6-10-27-11-7-15/h1-3,12,15,17,21,24H,4-11,13-14H2/t17-/m0/s1. The third-order valence-corrected chi connectivity index (χ3v) is 8.12. The van der Waals surface area contributed by atoms with Gasteiger partial charge in [-0.3, -0.25) is 0 Å². The van der Waals surface area contributed by atoms with Crippen molar-refractivity contribution < 1.29 is 13.5 Å². The van der Waals surface area contributed by atoms with Gasteiger partial charge in [0.25, 0.3) is 0 Å². The van der Waals surface area contributed by atoms with Crippen LogP contribution in [0.1, 0.15) is 24.8 Å². The second kappa shape index (κ2) is 9.83. The number of benzene rings is 1. The molecule has 2 saturated heterocycles. The quantitative estimate of drug-likeness (QED) is 0.583. The first-order chi connectivity index (χ1) is 13.7. The van der Waals surface area contributed by atoms with E-state index in [1.54, 1.807) is 0 Å². The number of aromatic nitrogens is 1. The number of hydrogen-bond acceptors (Lipinski definition) is 4. The molecule has 0 bridgehead atoms. The van der Waals surface area contributed by atoms with Gasteiger partial charge in [-0.2, -0.15) is 20.5 Å². The Morgan fingerprint density at radius 1 is 1.25 bits per heavy atom. The molecule has 2 aliphatic rings. The highest BCUT2D eigenvalue weighted by atomic mass is 32.2. The monoisotopic (exact) mass is 426 g/mol. The molecule has 28 heavy (non-hydrogen) atoms. The van der Waals surface area contributed by atoms with Crippen molar-refractivity contribution in [3.05, 3.63) is 30.0 Å². The molecular formula is C21H28F2N2OS2. The summed E-state index contributed by atoms with van der Waals surface area (Å²) in [5, 5.41) is 1.34. The van der Waals surface area contributed by atoms with E-state index in [4.69, 9.17) is 0 Å². The van der Waals surface area contributed by atoms with Crippen molar-refractivity contribution in [3.8, 4) is 0 Å². The summed E-state index contributed by atoms with van der Waals surface area (Å²) < 4.78 is 29.5. The molecule has 2 fully saturated rings. The lowest BCUT2D eigenvalue weighted by Gasteiger charge is -2.21. The molecule has 1 aromatic carbocycles. The summed E-state index contributed by atoms with van der Waals surface area (Å²) in [4.78, 5) is 7.02. The minimum atomic E-state index is -2.67. The van der Waals surface area contributed by atoms with Gasteiger partial charge >= 0.3 is 6.61 Å². The first-order valence-corrected chi connectivity index (χ1v) is 12.3. The predicted molar refractivity (Wildman–Crippen MR) is 115 cm³/mol. The fourth-order valence-corrected chi connectivity index (χ4v) is 6.71. The maximum absolute atomic E-state index is 12.4. The van der Waals surface area contributed by atoms with E-state index in [2.05, 4.69) is 50.8 Å². The van der Waals surface area contributed by atoms with Crippen molar-refractivity contribution >= 4 is 34.4 Å². The second-order valence-electron chi connectivity index (χ2n) is 7.72. The number of H-pyrrole nitrogens is 1. The van der Waals surface area contributed by atoms with Crippen LogP contribution in [-0.4, -0.2) is 59.5 Å². The van der Waals surface area contributed by atoms with Crippen LogP contribution in [0.25, 0.3) is 10.9 Å². The van der Waals surface area contributed by atoms with Crippen molar-refractivity contribution in [1.29, 1.82) is 0 Å². The van der Waals surface area contributed by atoms with Gasteiger partial charge in [0.1, 0.15) is 0 Å². The van der Waals surface area contributed by atoms with E-state index in [0.717, 1.165) is 25.4 Å². The van der Waals surface area contributed by atoms with E-state index >= 15 is 0 Å². The van der Waals surface area contributed by atoms with Crippen LogP contribution in [0.3, 0.4) is 0 Å². The zero-order chi connectivity index (χ0) is 19.3. The number of aromatic amines is 1. The largest absolute Gasteiger partial charge is 0.361 e. The van der Waals surface area contributed by atoms with Crippen LogP contribution in [0.5, 0.6) is 0 Å². The number of likely N-dealkylation sites (tertiary alicyclic amines) is 1. The Hall–Kier alpha value is -0.760. The third-order valence-electron chi connectivity index (χ3n) is 5.79. The van der Waals surface area contributed by atoms with Crippen LogP contribution < -0.4 is 0 Å². The number of nitrogens with zero attached hydrogens (tertiary/aromatic N) is 1. The summed E-state index contributed by atoms with van der Waals surface area (Å²) in [7, 11) is 0. The van der Waals surface area contributed by atoms with Gasteiger partial charge in [0, 0.05) is 47.4 Å². The van der Waals surface area contributed by atoms with Crippen LogP contribution in [0.4, 0.5) is 8.78 Å². The number of alkyl halides is 2. The van der Waals surface area contributed by atoms with E-state index in [-0.39, 0.29) is 6.10 Å². The van der Waals surface area contributed by atoms with Crippen molar-refractivity contribution in [2.75, 3.05) is 36.9 Å². The molecule has 3 nitrogen and oxygen atoms in total. The molecule has 0 unspecified atom stereocenters. The molecule has 0 amide bonds. The van der Waals surface area contributed by atoms with Crippen LogP contribution in [0.2, 0.25) is 0 Å². The molecule has 7 heteroatoms. The highest BCUT2D eigenvalue weighted by Crippen LogP contribution is 2.34. The normalized spacial score (nSPS) is 21.9. The van der Waals surface area contributed by atoms with Crippen LogP contribution in [-0.2, 0) is 11.2 Å². The highest BCUT2D eigenvalue weighted by Gasteiger charge is 2.25. The van der Waals surface area contributed by atoms with Gasteiger partial charge < -0.3 is 14.6 Å². The fraction of sp³-hybridized carbons (Fsp3) is 0.619. The summed E-state index contributed by atoms with van der Waals surface area (Å²) in [6.45, 7) is -0.342. The summed E-state index contributed by atoms with van der Waals surface area (Å²) in [6.07, 6.45) is 6.09. The van der Waals surface area contributed by atoms with Gasteiger partial charge in [0.2, 0.25) is 0 Å². The molecule has 1 N–H and O–H groups in total. The average Bonchev–Trinajstić information content (AvgIpc) is 3.32. The molecule has 1 aromatic heterocycles. The maximum Gasteiger partial charge on any atom is 0.345 e. The molecule has 4 rings (SSSR count). The topological polar surface area (TPSA) is 28.3 Å². The van der Waals surface area contributed by atoms with Crippen molar-refractivity contribution in [3.63, 3.8) is 0 Å². The average molecular weight is 427 g/mol. The summed E-state index contributed by atoms with van der Waals surface area (Å²) in [5.41, 5.74) is 2.52. The molecule has 2 aromatic rings. The van der Waals surface area contributed by atoms with Crippen molar-refractivity contribution in [2.45, 2.75) is 43.3 Å². The number of nitrogens with one attached hydrogen (secondary N) is 1. The van der Waals surface area contributed by atoms with E-state index in [1.807, 2.05) is 11.8 Å². The number of ether oxygens (including phenoxy) is 1. The number of hydrogen-bond donors (Lipinski definition) is 1. The molecule has 0 aliphatic carbocycles. The van der Waals surface area contributed by atoms with Gasteiger partial charge in [-0.1, -0.05) is 6.07 Å². The second-order valence-corrected chi connectivity index (χ2v) is 10.0. The highest BCUT2D eigenvalue weighted by molar-refractivity contribution is 7.99. The minimum absolute atomic E-state index is 0.331. The molecule has 0 spiro atoms. The molecule has 3 heterocycles. The Morgan fingerprint density at radius 3 is 2.93 bits per heavy atom. The number of halogens is 2. The number of fused-ring (bicyclic) bond motifs is 1. The maximum atomic E-state index is 12.4. The Morgan fingerprint density at radius 2 is 2.11 bits per heavy atom. The van der Waals surface area contributed by atoms with E-state index in [9.17, 15) is 8.78 Å². The first-order valence-electron chi connectivity index (χ1n) is 10.1. The summed E-state index contributed by atoms with van der Waals surface area (Å²) >= 11 is 4.07. The smallest absolute Gasteiger partial charge is 0.345 e. The summed E-state index contributed by atoms with van der Waals surface area (Å²) in [5.74, 6) is 4.64. The zero-order valence-electron chi connectivity index (χ0n) is 16.0. The van der Waals surface area contributed by atoms with E-state index in [1.165, 1.54) is 51.5 Å². The van der Waals surface area contributed by atoms with Gasteiger partial charge in [-0.15, -0.1) is 11.8 Å². The van der Waals surface area contributed by atoms with Gasteiger partial charge in [-0.25, -0.2) is 0 Å². The summed E-state index contributed by atoms with van der Waals surface area (Å²) in [6, 6.07) is 6.52. The Labute approximate surface area is 174 Å². The van der Waals surface area contributed by atoms with E-state index < -0.39 is 6.61 Å². The van der Waals surface area contributed by atoms with Crippen LogP contribution >= 0.6 is 23.5 Å². The SMILES string of the molecule is FC(F)O[C@H]1CCN(CCc2c[nH]c3cccc(SCC4CCSCC4)c23)C1. The lowest BCUT2D eigenvalue weighted by atomic mass is 10.1. The fourth-order valence-electron chi connectivity index (χ4n) is 4.19. The van der Waals surface area contributed by atoms with Gasteiger partial charge in [0.05, 0.1) is 6.10 Å². The molecule has 154 valence electrons. The van der Waals surface area contributed by atoms with Crippen molar-refractivity contribution in [1.82, 2.24) is 9.88 Å². The zero-order valence-corrected chi connectivity index (χ0v) is 17.7. The Balaban J connectivity index is 1.37. The Kier molecular flexibility index (Phi) is 7.20. The molecule has 1 atom stereocenters. The van der Waals surface area contributed by atoms with Gasteiger partial charge in [0.15, 0.2) is 0 Å². The molecule has 0 saturated carbocycles. The van der Waals surface area contributed by atoms with Crippen LogP contribution in [0, 0.1) is 5.92 Å². The first kappa shape index (κ1) is 20.5. The molecular weight excluding hydrogens is 398 g/mol. The third kappa shape index (κ3) is 5.23. The van der Waals surface area contributed by atoms with E-state index in [0.29, 0.717) is 13.0 Å². The molecule has 0 radical (unpaired) electrons. The van der Waals surface area contributed by atoms with Crippen LogP contribution in [0.15, 0.2) is 29.3 Å². The number of thioether (sulfide) groups is 2. The minimum Gasteiger partial charge on any atom is -0.361 e. The molecule has 2 aliphatic heterocycles. The lowest BCUT2D eigenvalue weighted by molar-refractivity contribution is -0.158.